The number of carbonyl (C=O) groups excluding carboxylic acids is 3. The number of nitrogens with zero attached hydrogens (tertiary/aromatic N) is 1. The van der Waals surface area contributed by atoms with Gasteiger partial charge in [-0.3, -0.25) is 19.8 Å². The molecule has 0 spiro atoms. The highest BCUT2D eigenvalue weighted by Gasteiger charge is 2.39. The molecule has 0 aromatic rings. The van der Waals surface area contributed by atoms with Gasteiger partial charge in [0.15, 0.2) is 0 Å². The summed E-state index contributed by atoms with van der Waals surface area (Å²) < 4.78 is 0. The first kappa shape index (κ1) is 16.0. The Labute approximate surface area is 126 Å². The maximum atomic E-state index is 12.3. The van der Waals surface area contributed by atoms with Crippen LogP contribution in [-0.2, 0) is 9.59 Å². The monoisotopic (exact) mass is 294 g/mol. The minimum atomic E-state index is -0.682. The van der Waals surface area contributed by atoms with Gasteiger partial charge >= 0.3 is 6.03 Å². The molecular formula is C16H26N2O3. The lowest BCUT2D eigenvalue weighted by molar-refractivity contribution is -0.143. The Kier molecular flexibility index (Phi) is 5.37. The van der Waals surface area contributed by atoms with Crippen LogP contribution in [-0.4, -0.2) is 29.3 Å². The smallest absolute Gasteiger partial charge is 0.277 e. The molecule has 2 fully saturated rings. The molecule has 1 N–H and O–H groups in total. The molecule has 5 heteroatoms. The minimum Gasteiger partial charge on any atom is -0.277 e. The van der Waals surface area contributed by atoms with E-state index < -0.39 is 17.9 Å². The van der Waals surface area contributed by atoms with Crippen LogP contribution in [0.15, 0.2) is 0 Å². The van der Waals surface area contributed by atoms with E-state index in [1.807, 2.05) is 6.92 Å². The van der Waals surface area contributed by atoms with Crippen molar-refractivity contribution in [2.24, 2.45) is 17.8 Å². The van der Waals surface area contributed by atoms with Crippen molar-refractivity contribution >= 4 is 17.8 Å². The average molecular weight is 294 g/mol. The molecule has 1 heterocycles. The summed E-state index contributed by atoms with van der Waals surface area (Å²) in [7, 11) is 0. The van der Waals surface area contributed by atoms with E-state index in [9.17, 15) is 14.4 Å². The van der Waals surface area contributed by atoms with Gasteiger partial charge in [0.1, 0.15) is 5.92 Å². The second-order valence-corrected chi connectivity index (χ2v) is 6.55. The van der Waals surface area contributed by atoms with E-state index in [-0.39, 0.29) is 5.91 Å². The lowest BCUT2D eigenvalue weighted by Gasteiger charge is -2.32. The fourth-order valence-corrected chi connectivity index (χ4v) is 3.55. The highest BCUT2D eigenvalue weighted by Crippen LogP contribution is 2.31. The van der Waals surface area contributed by atoms with Gasteiger partial charge in [-0.05, 0) is 31.1 Å². The zero-order valence-corrected chi connectivity index (χ0v) is 13.1. The van der Waals surface area contributed by atoms with E-state index in [0.29, 0.717) is 18.9 Å². The van der Waals surface area contributed by atoms with Crippen molar-refractivity contribution in [2.45, 2.75) is 58.8 Å². The Morgan fingerprint density at radius 1 is 1.19 bits per heavy atom. The number of barbiturate groups is 1. The molecule has 1 aliphatic carbocycles. The summed E-state index contributed by atoms with van der Waals surface area (Å²) in [4.78, 5) is 37.2. The summed E-state index contributed by atoms with van der Waals surface area (Å²) in [5, 5.41) is 2.32. The van der Waals surface area contributed by atoms with E-state index in [1.165, 1.54) is 30.6 Å². The maximum Gasteiger partial charge on any atom is 0.330 e. The van der Waals surface area contributed by atoms with Gasteiger partial charge in [-0.25, -0.2) is 4.79 Å². The Bertz CT molecular complexity index is 422. The largest absolute Gasteiger partial charge is 0.330 e. The summed E-state index contributed by atoms with van der Waals surface area (Å²) in [6, 6.07) is -0.541. The van der Waals surface area contributed by atoms with Gasteiger partial charge < -0.3 is 0 Å². The summed E-state index contributed by atoms with van der Waals surface area (Å²) in [6.45, 7) is 4.64. The van der Waals surface area contributed by atoms with Gasteiger partial charge in [-0.15, -0.1) is 0 Å². The number of nitrogens with one attached hydrogen (secondary N) is 1. The van der Waals surface area contributed by atoms with Gasteiger partial charge in [-0.2, -0.15) is 0 Å². The van der Waals surface area contributed by atoms with Crippen molar-refractivity contribution < 1.29 is 14.4 Å². The molecule has 3 unspecified atom stereocenters. The Balaban J connectivity index is 1.92. The molecule has 0 aromatic heterocycles. The first-order valence-corrected chi connectivity index (χ1v) is 8.19. The van der Waals surface area contributed by atoms with Crippen LogP contribution < -0.4 is 5.32 Å². The van der Waals surface area contributed by atoms with Crippen LogP contribution in [0.4, 0.5) is 4.79 Å². The third-order valence-corrected chi connectivity index (χ3v) is 4.74. The standard InChI is InChI=1S/C16H26N2O3/c1-3-5-13-14(19)17-16(21)18(15(13)20)9-8-12-7-4-6-11(2)10-12/h11-13H,3-10H2,1-2H3,(H,17,19,21). The predicted molar refractivity (Wildman–Crippen MR) is 79.4 cm³/mol. The topological polar surface area (TPSA) is 66.5 Å². The number of hydrogen-bond acceptors (Lipinski definition) is 3. The van der Waals surface area contributed by atoms with Crippen molar-refractivity contribution in [3.63, 3.8) is 0 Å². The number of hydrogen-bond donors (Lipinski definition) is 1. The number of rotatable bonds is 5. The molecule has 4 amide bonds. The van der Waals surface area contributed by atoms with Gasteiger partial charge in [-0.1, -0.05) is 39.5 Å². The van der Waals surface area contributed by atoms with E-state index in [4.69, 9.17) is 0 Å². The van der Waals surface area contributed by atoms with Crippen molar-refractivity contribution in [3.05, 3.63) is 0 Å². The number of amides is 4. The third kappa shape index (κ3) is 3.83. The first-order valence-electron chi connectivity index (χ1n) is 8.19. The van der Waals surface area contributed by atoms with Crippen molar-refractivity contribution in [3.8, 4) is 0 Å². The van der Waals surface area contributed by atoms with Crippen LogP contribution >= 0.6 is 0 Å². The number of imide groups is 2. The summed E-state index contributed by atoms with van der Waals surface area (Å²) in [6.07, 6.45) is 7.01. The summed E-state index contributed by atoms with van der Waals surface area (Å²) in [5.41, 5.74) is 0. The normalized spacial score (nSPS) is 30.5. The van der Waals surface area contributed by atoms with Gasteiger partial charge in [0.2, 0.25) is 11.8 Å². The Morgan fingerprint density at radius 2 is 1.95 bits per heavy atom. The van der Waals surface area contributed by atoms with Gasteiger partial charge in [0, 0.05) is 6.54 Å². The molecule has 0 aromatic carbocycles. The second kappa shape index (κ2) is 7.05. The molecule has 0 bridgehead atoms. The van der Waals surface area contributed by atoms with E-state index in [1.54, 1.807) is 0 Å². The Morgan fingerprint density at radius 3 is 2.62 bits per heavy atom. The molecule has 1 saturated carbocycles. The molecule has 5 nitrogen and oxygen atoms in total. The zero-order chi connectivity index (χ0) is 15.4. The van der Waals surface area contributed by atoms with E-state index in [0.717, 1.165) is 18.8 Å². The molecule has 1 aliphatic heterocycles. The first-order chi connectivity index (χ1) is 10.0. The summed E-state index contributed by atoms with van der Waals surface area (Å²) >= 11 is 0. The molecular weight excluding hydrogens is 268 g/mol. The number of urea groups is 1. The minimum absolute atomic E-state index is 0.311. The van der Waals surface area contributed by atoms with Crippen molar-refractivity contribution in [1.82, 2.24) is 10.2 Å². The third-order valence-electron chi connectivity index (χ3n) is 4.74. The van der Waals surface area contributed by atoms with Crippen LogP contribution in [0.1, 0.15) is 58.8 Å². The number of carbonyl (C=O) groups is 3. The van der Waals surface area contributed by atoms with E-state index in [2.05, 4.69) is 12.2 Å². The lowest BCUT2D eigenvalue weighted by atomic mass is 9.81. The molecule has 1 saturated heterocycles. The Hall–Kier alpha value is -1.39. The average Bonchev–Trinajstić information content (AvgIpc) is 2.43. The van der Waals surface area contributed by atoms with Gasteiger partial charge in [0.05, 0.1) is 0 Å². The van der Waals surface area contributed by atoms with E-state index >= 15 is 0 Å². The van der Waals surface area contributed by atoms with Crippen LogP contribution in [0, 0.1) is 17.8 Å². The molecule has 2 aliphatic rings. The van der Waals surface area contributed by atoms with Crippen LogP contribution in [0.2, 0.25) is 0 Å². The predicted octanol–water partition coefficient (Wildman–Crippen LogP) is 2.70. The molecule has 0 radical (unpaired) electrons. The van der Waals surface area contributed by atoms with Gasteiger partial charge in [0.25, 0.3) is 0 Å². The highest BCUT2D eigenvalue weighted by atomic mass is 16.2. The fourth-order valence-electron chi connectivity index (χ4n) is 3.55. The SMILES string of the molecule is CCCC1C(=O)NC(=O)N(CCC2CCCC(C)C2)C1=O. The second-order valence-electron chi connectivity index (χ2n) is 6.55. The van der Waals surface area contributed by atoms with Crippen LogP contribution in [0.3, 0.4) is 0 Å². The quantitative estimate of drug-likeness (QED) is 0.793. The highest BCUT2D eigenvalue weighted by molar-refractivity contribution is 6.16. The van der Waals surface area contributed by atoms with Crippen molar-refractivity contribution in [2.75, 3.05) is 6.54 Å². The molecule has 21 heavy (non-hydrogen) atoms. The zero-order valence-electron chi connectivity index (χ0n) is 13.1. The maximum absolute atomic E-state index is 12.3. The molecule has 3 atom stereocenters. The van der Waals surface area contributed by atoms with Crippen LogP contribution in [0.5, 0.6) is 0 Å². The lowest BCUT2D eigenvalue weighted by Crippen LogP contribution is -2.58. The fraction of sp³-hybridized carbons (Fsp3) is 0.812. The summed E-state index contributed by atoms with van der Waals surface area (Å²) in [5.74, 6) is -0.0949. The van der Waals surface area contributed by atoms with Crippen molar-refractivity contribution in [1.29, 1.82) is 0 Å². The molecule has 118 valence electrons. The van der Waals surface area contributed by atoms with Crippen LogP contribution in [0.25, 0.3) is 0 Å². The molecule has 2 rings (SSSR count).